The molecule has 8 rings (SSSR count). The second-order valence-corrected chi connectivity index (χ2v) is 13.3. The van der Waals surface area contributed by atoms with Crippen LogP contribution in [0.15, 0.2) is 150 Å². The molecule has 1 aromatic heterocycles. The van der Waals surface area contributed by atoms with Gasteiger partial charge >= 0.3 is 7.12 Å². The molecule has 1 aliphatic heterocycles. The molecule has 0 amide bonds. The van der Waals surface area contributed by atoms with Gasteiger partial charge in [-0.15, -0.1) is 0 Å². The Morgan fingerprint density at radius 2 is 0.957 bits per heavy atom. The first kappa shape index (κ1) is 29.3. The lowest BCUT2D eigenvalue weighted by Crippen LogP contribution is -2.41. The third kappa shape index (κ3) is 5.22. The maximum absolute atomic E-state index is 6.57. The normalized spacial score (nSPS) is 15.4. The molecule has 4 nitrogen and oxygen atoms in total. The van der Waals surface area contributed by atoms with E-state index in [2.05, 4.69) is 154 Å². The van der Waals surface area contributed by atoms with Crippen LogP contribution in [0.2, 0.25) is 0 Å². The molecule has 7 aromatic rings. The first-order valence-corrected chi connectivity index (χ1v) is 16.2. The van der Waals surface area contributed by atoms with Crippen molar-refractivity contribution in [2.24, 2.45) is 0 Å². The molecule has 0 spiro atoms. The lowest BCUT2D eigenvalue weighted by Gasteiger charge is -2.32. The topological polar surface area (TPSA) is 34.8 Å². The molecule has 230 valence electrons. The second-order valence-electron chi connectivity index (χ2n) is 13.3. The lowest BCUT2D eigenvalue weighted by molar-refractivity contribution is 0.00578. The Hall–Kier alpha value is -5.10. The number of benzene rings is 6. The molecule has 0 bridgehead atoms. The Kier molecular flexibility index (Phi) is 7.05. The Morgan fingerprint density at radius 3 is 1.49 bits per heavy atom. The van der Waals surface area contributed by atoms with E-state index < -0.39 is 18.3 Å². The van der Waals surface area contributed by atoms with Gasteiger partial charge in [-0.25, -0.2) is 0 Å². The van der Waals surface area contributed by atoms with E-state index in [0.717, 1.165) is 44.5 Å². The van der Waals surface area contributed by atoms with E-state index in [1.165, 1.54) is 22.3 Å². The minimum atomic E-state index is -0.542. The fourth-order valence-corrected chi connectivity index (χ4v) is 6.44. The van der Waals surface area contributed by atoms with Gasteiger partial charge in [-0.05, 0) is 97.9 Å². The van der Waals surface area contributed by atoms with Crippen LogP contribution < -0.4 is 10.4 Å². The molecule has 0 aliphatic carbocycles. The molecule has 1 fully saturated rings. The van der Waals surface area contributed by atoms with Gasteiger partial charge in [-0.1, -0.05) is 103 Å². The van der Waals surface area contributed by atoms with Gasteiger partial charge in [0.05, 0.1) is 22.3 Å². The van der Waals surface area contributed by atoms with E-state index >= 15 is 0 Å². The molecule has 0 unspecified atom stereocenters. The Morgan fingerprint density at radius 1 is 0.489 bits per heavy atom. The number of hydrogen-bond acceptors (Lipinski definition) is 4. The Balaban J connectivity index is 1.34. The summed E-state index contributed by atoms with van der Waals surface area (Å²) < 4.78 is 19.7. The summed E-state index contributed by atoms with van der Waals surface area (Å²) in [5.74, 6) is 0. The zero-order chi connectivity index (χ0) is 32.2. The standard InChI is InChI=1S/C42H36BNO3/c1-41(2)42(3,4)47-43(46-41)33-27-37(40-36-17-11-12-18-38(36)45-39(40)28-33)44(34-23-19-31(20-24-34)29-13-7-5-8-14-29)35-25-21-32(22-26-35)30-15-9-6-10-16-30/h5-28H,1-4H3. The van der Waals surface area contributed by atoms with Crippen LogP contribution in [0.1, 0.15) is 27.7 Å². The first-order chi connectivity index (χ1) is 22.8. The summed E-state index contributed by atoms with van der Waals surface area (Å²) in [6.45, 7) is 8.34. The van der Waals surface area contributed by atoms with Crippen LogP contribution in [0.4, 0.5) is 17.1 Å². The van der Waals surface area contributed by atoms with E-state index in [1.807, 2.05) is 24.3 Å². The largest absolute Gasteiger partial charge is 0.495 e. The van der Waals surface area contributed by atoms with Gasteiger partial charge in [-0.3, -0.25) is 0 Å². The molecular formula is C42H36BNO3. The van der Waals surface area contributed by atoms with Gasteiger partial charge < -0.3 is 18.6 Å². The molecule has 0 atom stereocenters. The highest BCUT2D eigenvalue weighted by atomic mass is 16.7. The first-order valence-electron chi connectivity index (χ1n) is 16.2. The van der Waals surface area contributed by atoms with Gasteiger partial charge in [-0.2, -0.15) is 0 Å². The van der Waals surface area contributed by atoms with Crippen molar-refractivity contribution in [2.75, 3.05) is 4.90 Å². The van der Waals surface area contributed by atoms with Gasteiger partial charge in [0.25, 0.3) is 0 Å². The van der Waals surface area contributed by atoms with Crippen molar-refractivity contribution in [1.29, 1.82) is 0 Å². The van der Waals surface area contributed by atoms with Gasteiger partial charge in [0.15, 0.2) is 0 Å². The van der Waals surface area contributed by atoms with Crippen LogP contribution >= 0.6 is 0 Å². The molecule has 47 heavy (non-hydrogen) atoms. The summed E-state index contributed by atoms with van der Waals surface area (Å²) in [7, 11) is -0.542. The average Bonchev–Trinajstić information content (AvgIpc) is 3.58. The summed E-state index contributed by atoms with van der Waals surface area (Å²) in [6, 6.07) is 51.1. The predicted octanol–water partition coefficient (Wildman–Crippen LogP) is 10.7. The SMILES string of the molecule is CC1(C)OB(c2cc(N(c3ccc(-c4ccccc4)cc3)c3ccc(-c4ccccc4)cc3)c3c(c2)oc2ccccc23)OC1(C)C. The van der Waals surface area contributed by atoms with E-state index in [0.29, 0.717) is 0 Å². The maximum Gasteiger partial charge on any atom is 0.495 e. The van der Waals surface area contributed by atoms with Crippen molar-refractivity contribution < 1.29 is 13.7 Å². The summed E-state index contributed by atoms with van der Waals surface area (Å²) in [5, 5.41) is 2.10. The summed E-state index contributed by atoms with van der Waals surface area (Å²) >= 11 is 0. The summed E-state index contributed by atoms with van der Waals surface area (Å²) in [6.07, 6.45) is 0. The fraction of sp³-hybridized carbons (Fsp3) is 0.143. The van der Waals surface area contributed by atoms with Crippen molar-refractivity contribution in [2.45, 2.75) is 38.9 Å². The third-order valence-electron chi connectivity index (χ3n) is 9.71. The minimum Gasteiger partial charge on any atom is -0.456 e. The van der Waals surface area contributed by atoms with Crippen LogP contribution in [-0.4, -0.2) is 18.3 Å². The molecule has 5 heteroatoms. The molecule has 0 N–H and O–H groups in total. The van der Waals surface area contributed by atoms with E-state index in [4.69, 9.17) is 13.7 Å². The van der Waals surface area contributed by atoms with Crippen molar-refractivity contribution in [1.82, 2.24) is 0 Å². The highest BCUT2D eigenvalue weighted by molar-refractivity contribution is 6.62. The molecular weight excluding hydrogens is 577 g/mol. The van der Waals surface area contributed by atoms with Crippen molar-refractivity contribution in [3.63, 3.8) is 0 Å². The van der Waals surface area contributed by atoms with Gasteiger partial charge in [0.2, 0.25) is 0 Å². The number of nitrogens with zero attached hydrogens (tertiary/aromatic N) is 1. The second kappa shape index (κ2) is 11.3. The molecule has 0 saturated carbocycles. The van der Waals surface area contributed by atoms with E-state index in [1.54, 1.807) is 0 Å². The average molecular weight is 614 g/mol. The molecule has 6 aromatic carbocycles. The number of anilines is 3. The van der Waals surface area contributed by atoms with Gasteiger partial charge in [0.1, 0.15) is 11.2 Å². The molecule has 2 heterocycles. The summed E-state index contributed by atoms with van der Waals surface area (Å²) in [5.41, 5.74) is 9.37. The van der Waals surface area contributed by atoms with E-state index in [9.17, 15) is 0 Å². The van der Waals surface area contributed by atoms with Crippen molar-refractivity contribution >= 4 is 51.6 Å². The number of rotatable bonds is 6. The number of fused-ring (bicyclic) bond motifs is 3. The van der Waals surface area contributed by atoms with Crippen LogP contribution in [0.25, 0.3) is 44.2 Å². The zero-order valence-electron chi connectivity index (χ0n) is 27.1. The summed E-state index contributed by atoms with van der Waals surface area (Å²) in [4.78, 5) is 2.32. The van der Waals surface area contributed by atoms with Crippen LogP contribution in [0.5, 0.6) is 0 Å². The monoisotopic (exact) mass is 613 g/mol. The molecule has 1 aliphatic rings. The van der Waals surface area contributed by atoms with Crippen LogP contribution in [0, 0.1) is 0 Å². The number of hydrogen-bond donors (Lipinski definition) is 0. The zero-order valence-corrected chi connectivity index (χ0v) is 27.1. The van der Waals surface area contributed by atoms with Crippen LogP contribution in [0.3, 0.4) is 0 Å². The molecule has 1 saturated heterocycles. The number of furan rings is 1. The highest BCUT2D eigenvalue weighted by Gasteiger charge is 2.52. The minimum absolute atomic E-state index is 0.471. The highest BCUT2D eigenvalue weighted by Crippen LogP contribution is 2.44. The Labute approximate surface area is 276 Å². The quantitative estimate of drug-likeness (QED) is 0.175. The van der Waals surface area contributed by atoms with Gasteiger partial charge in [0, 0.05) is 16.8 Å². The molecule has 0 radical (unpaired) electrons. The lowest BCUT2D eigenvalue weighted by atomic mass is 9.78. The van der Waals surface area contributed by atoms with E-state index in [-0.39, 0.29) is 0 Å². The fourth-order valence-electron chi connectivity index (χ4n) is 6.44. The smallest absolute Gasteiger partial charge is 0.456 e. The third-order valence-corrected chi connectivity index (χ3v) is 9.71. The van der Waals surface area contributed by atoms with Crippen molar-refractivity contribution in [3.8, 4) is 22.3 Å². The number of para-hydroxylation sites is 1. The van der Waals surface area contributed by atoms with Crippen molar-refractivity contribution in [3.05, 3.63) is 146 Å². The van der Waals surface area contributed by atoms with Crippen LogP contribution in [-0.2, 0) is 9.31 Å². The Bertz CT molecular complexity index is 2090. The predicted molar refractivity (Wildman–Crippen MR) is 195 cm³/mol. The maximum atomic E-state index is 6.57.